The summed E-state index contributed by atoms with van der Waals surface area (Å²) in [5, 5.41) is 15.8. The first-order valence-corrected chi connectivity index (χ1v) is 6.65. The molecule has 0 saturated heterocycles. The van der Waals surface area contributed by atoms with Crippen molar-refractivity contribution in [3.05, 3.63) is 29.3 Å². The van der Waals surface area contributed by atoms with E-state index in [4.69, 9.17) is 11.6 Å². The van der Waals surface area contributed by atoms with E-state index >= 15 is 0 Å². The summed E-state index contributed by atoms with van der Waals surface area (Å²) >= 11 is 5.82. The Bertz CT molecular complexity index is 430. The van der Waals surface area contributed by atoms with Crippen molar-refractivity contribution in [3.63, 3.8) is 0 Å². The van der Waals surface area contributed by atoms with E-state index in [1.807, 2.05) is 20.8 Å². The van der Waals surface area contributed by atoms with Gasteiger partial charge in [-0.15, -0.1) is 0 Å². The molecule has 2 amide bonds. The number of carbonyl (C=O) groups excluding carboxylic acids is 1. The summed E-state index contributed by atoms with van der Waals surface area (Å²) in [6.07, 6.45) is 0.0749. The number of aliphatic hydroxyl groups excluding tert-OH is 1. The van der Waals surface area contributed by atoms with Crippen molar-refractivity contribution < 1.29 is 9.90 Å². The zero-order valence-corrected chi connectivity index (χ0v) is 12.3. The van der Waals surface area contributed by atoms with Crippen LogP contribution in [0.3, 0.4) is 0 Å². The second-order valence-electron chi connectivity index (χ2n) is 5.56. The van der Waals surface area contributed by atoms with Gasteiger partial charge >= 0.3 is 6.03 Å². The summed E-state index contributed by atoms with van der Waals surface area (Å²) in [6.45, 7) is 6.31. The third kappa shape index (κ3) is 5.94. The maximum Gasteiger partial charge on any atom is 0.319 e. The van der Waals surface area contributed by atoms with E-state index in [-0.39, 0.29) is 11.4 Å². The Morgan fingerprint density at radius 3 is 2.68 bits per heavy atom. The van der Waals surface area contributed by atoms with Crippen LogP contribution in [0.5, 0.6) is 0 Å². The predicted octanol–water partition coefficient (Wildman–Crippen LogP) is 3.26. The minimum atomic E-state index is -0.445. The summed E-state index contributed by atoms with van der Waals surface area (Å²) in [7, 11) is 0. The van der Waals surface area contributed by atoms with Crippen LogP contribution in [-0.4, -0.2) is 23.8 Å². The zero-order valence-electron chi connectivity index (χ0n) is 11.5. The number of aliphatic hydroxyl groups is 1. The first-order chi connectivity index (χ1) is 8.79. The smallest absolute Gasteiger partial charge is 0.319 e. The van der Waals surface area contributed by atoms with E-state index < -0.39 is 6.10 Å². The average molecular weight is 285 g/mol. The molecule has 4 nitrogen and oxygen atoms in total. The largest absolute Gasteiger partial charge is 0.393 e. The minimum absolute atomic E-state index is 0.175. The Morgan fingerprint density at radius 1 is 1.42 bits per heavy atom. The SMILES string of the molecule is CC(C)(C)C(O)CCNC(=O)Nc1cccc(Cl)c1. The van der Waals surface area contributed by atoms with Gasteiger partial charge < -0.3 is 15.7 Å². The molecule has 1 aromatic carbocycles. The van der Waals surface area contributed by atoms with Crippen molar-refractivity contribution in [2.24, 2.45) is 5.41 Å². The Balaban J connectivity index is 2.33. The highest BCUT2D eigenvalue weighted by Crippen LogP contribution is 2.21. The van der Waals surface area contributed by atoms with Crippen LogP contribution in [0.15, 0.2) is 24.3 Å². The van der Waals surface area contributed by atoms with Gasteiger partial charge in [0.2, 0.25) is 0 Å². The Kier molecular flexibility index (Phi) is 5.63. The number of carbonyl (C=O) groups is 1. The molecule has 0 fully saturated rings. The maximum atomic E-state index is 11.6. The van der Waals surface area contributed by atoms with Gasteiger partial charge in [0.25, 0.3) is 0 Å². The summed E-state index contributed by atoms with van der Waals surface area (Å²) in [6, 6.07) is 6.63. The van der Waals surface area contributed by atoms with E-state index in [0.29, 0.717) is 23.7 Å². The third-order valence-electron chi connectivity index (χ3n) is 2.79. The topological polar surface area (TPSA) is 61.4 Å². The number of halogens is 1. The summed E-state index contributed by atoms with van der Waals surface area (Å²) in [5.41, 5.74) is 0.465. The van der Waals surface area contributed by atoms with Crippen LogP contribution in [0.4, 0.5) is 10.5 Å². The van der Waals surface area contributed by atoms with Crippen LogP contribution in [0.25, 0.3) is 0 Å². The average Bonchev–Trinajstić information content (AvgIpc) is 2.27. The normalized spacial score (nSPS) is 12.9. The summed E-state index contributed by atoms with van der Waals surface area (Å²) in [4.78, 5) is 11.6. The van der Waals surface area contributed by atoms with Crippen LogP contribution in [0.1, 0.15) is 27.2 Å². The van der Waals surface area contributed by atoms with Crippen molar-refractivity contribution in [2.75, 3.05) is 11.9 Å². The van der Waals surface area contributed by atoms with Gasteiger partial charge in [0.1, 0.15) is 0 Å². The number of urea groups is 1. The zero-order chi connectivity index (χ0) is 14.5. The predicted molar refractivity (Wildman–Crippen MR) is 78.6 cm³/mol. The van der Waals surface area contributed by atoms with Crippen molar-refractivity contribution in [1.29, 1.82) is 0 Å². The molecule has 0 aliphatic rings. The number of amides is 2. The van der Waals surface area contributed by atoms with Crippen molar-refractivity contribution in [3.8, 4) is 0 Å². The molecule has 3 N–H and O–H groups in total. The lowest BCUT2D eigenvalue weighted by molar-refractivity contribution is 0.0565. The lowest BCUT2D eigenvalue weighted by atomic mass is 9.87. The van der Waals surface area contributed by atoms with E-state index in [1.165, 1.54) is 0 Å². The Hall–Kier alpha value is -1.26. The second kappa shape index (κ2) is 6.78. The fraction of sp³-hybridized carbons (Fsp3) is 0.500. The Morgan fingerprint density at radius 2 is 2.11 bits per heavy atom. The van der Waals surface area contributed by atoms with Gasteiger partial charge in [-0.3, -0.25) is 0 Å². The highest BCUT2D eigenvalue weighted by atomic mass is 35.5. The van der Waals surface area contributed by atoms with E-state index in [2.05, 4.69) is 10.6 Å². The second-order valence-corrected chi connectivity index (χ2v) is 6.00. The van der Waals surface area contributed by atoms with Crippen LogP contribution in [0.2, 0.25) is 5.02 Å². The van der Waals surface area contributed by atoms with E-state index in [9.17, 15) is 9.90 Å². The molecule has 0 bridgehead atoms. The van der Waals surface area contributed by atoms with Gasteiger partial charge in [0.15, 0.2) is 0 Å². The molecule has 106 valence electrons. The molecule has 1 atom stereocenters. The third-order valence-corrected chi connectivity index (χ3v) is 3.02. The number of anilines is 1. The molecule has 0 aromatic heterocycles. The van der Waals surface area contributed by atoms with Gasteiger partial charge in [-0.05, 0) is 30.0 Å². The molecule has 1 aromatic rings. The van der Waals surface area contributed by atoms with Crippen LogP contribution in [-0.2, 0) is 0 Å². The van der Waals surface area contributed by atoms with Crippen molar-refractivity contribution >= 4 is 23.3 Å². The van der Waals surface area contributed by atoms with Crippen LogP contribution >= 0.6 is 11.6 Å². The van der Waals surface area contributed by atoms with E-state index in [1.54, 1.807) is 24.3 Å². The minimum Gasteiger partial charge on any atom is -0.393 e. The highest BCUT2D eigenvalue weighted by Gasteiger charge is 2.21. The molecule has 5 heteroatoms. The van der Waals surface area contributed by atoms with Gasteiger partial charge in [0.05, 0.1) is 6.10 Å². The first-order valence-electron chi connectivity index (χ1n) is 6.27. The van der Waals surface area contributed by atoms with Gasteiger partial charge in [0, 0.05) is 17.3 Å². The molecule has 0 spiro atoms. The molecule has 1 unspecified atom stereocenters. The van der Waals surface area contributed by atoms with Crippen molar-refractivity contribution in [2.45, 2.75) is 33.3 Å². The van der Waals surface area contributed by atoms with Crippen LogP contribution < -0.4 is 10.6 Å². The fourth-order valence-corrected chi connectivity index (χ4v) is 1.69. The maximum absolute atomic E-state index is 11.6. The fourth-order valence-electron chi connectivity index (χ4n) is 1.50. The number of nitrogens with one attached hydrogen (secondary N) is 2. The quantitative estimate of drug-likeness (QED) is 0.795. The molecule has 0 radical (unpaired) electrons. The van der Waals surface area contributed by atoms with Gasteiger partial charge in [-0.2, -0.15) is 0 Å². The van der Waals surface area contributed by atoms with Gasteiger partial charge in [-0.25, -0.2) is 4.79 Å². The molecular formula is C14H21ClN2O2. The molecule has 0 saturated carbocycles. The molecule has 0 aliphatic carbocycles. The molecule has 19 heavy (non-hydrogen) atoms. The highest BCUT2D eigenvalue weighted by molar-refractivity contribution is 6.30. The van der Waals surface area contributed by atoms with Gasteiger partial charge in [-0.1, -0.05) is 38.4 Å². The first kappa shape index (κ1) is 15.8. The lowest BCUT2D eigenvalue weighted by Gasteiger charge is -2.25. The lowest BCUT2D eigenvalue weighted by Crippen LogP contribution is -2.34. The molecule has 1 rings (SSSR count). The molecule has 0 aliphatic heterocycles. The number of benzene rings is 1. The van der Waals surface area contributed by atoms with E-state index in [0.717, 1.165) is 0 Å². The summed E-state index contributed by atoms with van der Waals surface area (Å²) < 4.78 is 0. The number of hydrogen-bond acceptors (Lipinski definition) is 2. The number of hydrogen-bond donors (Lipinski definition) is 3. The monoisotopic (exact) mass is 284 g/mol. The summed E-state index contributed by atoms with van der Waals surface area (Å²) in [5.74, 6) is 0. The Labute approximate surface area is 119 Å². The van der Waals surface area contributed by atoms with Crippen LogP contribution in [0, 0.1) is 5.41 Å². The molecule has 0 heterocycles. The van der Waals surface area contributed by atoms with Crippen molar-refractivity contribution in [1.82, 2.24) is 5.32 Å². The number of rotatable bonds is 4. The molecular weight excluding hydrogens is 264 g/mol. The standard InChI is InChI=1S/C14H21ClN2O2/c1-14(2,3)12(18)7-8-16-13(19)17-11-6-4-5-10(15)9-11/h4-6,9,12,18H,7-8H2,1-3H3,(H2,16,17,19).